The number of nitrogens with zero attached hydrogens (tertiary/aromatic N) is 2. The summed E-state index contributed by atoms with van der Waals surface area (Å²) < 4.78 is 19.3. The Kier molecular flexibility index (Phi) is 4.12. The van der Waals surface area contributed by atoms with E-state index in [-0.39, 0.29) is 17.5 Å². The molecule has 0 atom stereocenters. The van der Waals surface area contributed by atoms with Crippen LogP contribution in [0.5, 0.6) is 5.88 Å². The first kappa shape index (κ1) is 16.3. The van der Waals surface area contributed by atoms with E-state index in [1.807, 2.05) is 12.1 Å². The minimum atomic E-state index is -0.523. The third kappa shape index (κ3) is 3.28. The summed E-state index contributed by atoms with van der Waals surface area (Å²) in [6, 6.07) is 6.71. The molecule has 6 nitrogen and oxygen atoms in total. The SMILES string of the molecule is COc1ccc(/C=C/c2[nH]nc3c(F)cc(C(=O)NC4CC4)cc23)cn1. The van der Waals surface area contributed by atoms with Crippen molar-refractivity contribution in [2.24, 2.45) is 0 Å². The number of hydrogen-bond donors (Lipinski definition) is 2. The molecule has 0 saturated heterocycles. The number of carbonyl (C=O) groups excluding carboxylic acids is 1. The maximum atomic E-state index is 14.3. The van der Waals surface area contributed by atoms with Crippen LogP contribution in [0.2, 0.25) is 0 Å². The maximum absolute atomic E-state index is 14.3. The first-order valence-corrected chi connectivity index (χ1v) is 8.30. The minimum absolute atomic E-state index is 0.209. The van der Waals surface area contributed by atoms with Crippen molar-refractivity contribution in [2.75, 3.05) is 7.11 Å². The highest BCUT2D eigenvalue weighted by atomic mass is 19.1. The van der Waals surface area contributed by atoms with Crippen LogP contribution in [0.15, 0.2) is 30.5 Å². The molecule has 132 valence electrons. The number of benzene rings is 1. The largest absolute Gasteiger partial charge is 0.481 e. The van der Waals surface area contributed by atoms with E-state index < -0.39 is 5.82 Å². The van der Waals surface area contributed by atoms with E-state index in [2.05, 4.69) is 20.5 Å². The van der Waals surface area contributed by atoms with Gasteiger partial charge in [-0.1, -0.05) is 6.08 Å². The lowest BCUT2D eigenvalue weighted by Crippen LogP contribution is -2.25. The quantitative estimate of drug-likeness (QED) is 0.739. The second-order valence-electron chi connectivity index (χ2n) is 6.21. The molecule has 0 aliphatic heterocycles. The highest BCUT2D eigenvalue weighted by Crippen LogP contribution is 2.24. The number of methoxy groups -OCH3 is 1. The molecule has 1 amide bonds. The predicted molar refractivity (Wildman–Crippen MR) is 96.3 cm³/mol. The van der Waals surface area contributed by atoms with E-state index in [9.17, 15) is 9.18 Å². The van der Waals surface area contributed by atoms with E-state index in [0.29, 0.717) is 22.5 Å². The van der Waals surface area contributed by atoms with Crippen molar-refractivity contribution in [1.82, 2.24) is 20.5 Å². The van der Waals surface area contributed by atoms with Gasteiger partial charge in [0, 0.05) is 29.3 Å². The third-order valence-electron chi connectivity index (χ3n) is 4.23. The number of ether oxygens (including phenoxy) is 1. The number of halogens is 1. The Balaban J connectivity index is 1.64. The normalized spacial score (nSPS) is 14.1. The molecule has 1 fully saturated rings. The summed E-state index contributed by atoms with van der Waals surface area (Å²) in [5.74, 6) is -0.253. The molecule has 1 saturated carbocycles. The van der Waals surface area contributed by atoms with Gasteiger partial charge >= 0.3 is 0 Å². The fraction of sp³-hybridized carbons (Fsp3) is 0.211. The molecule has 1 aromatic carbocycles. The Hall–Kier alpha value is -3.22. The number of H-pyrrole nitrogens is 1. The number of pyridine rings is 1. The molecule has 2 aromatic heterocycles. The van der Waals surface area contributed by atoms with Gasteiger partial charge in [0.2, 0.25) is 5.88 Å². The summed E-state index contributed by atoms with van der Waals surface area (Å²) in [6.07, 6.45) is 7.23. The number of hydrogen-bond acceptors (Lipinski definition) is 4. The highest BCUT2D eigenvalue weighted by Gasteiger charge is 2.24. The van der Waals surface area contributed by atoms with E-state index in [1.165, 1.54) is 6.07 Å². The summed E-state index contributed by atoms with van der Waals surface area (Å²) in [4.78, 5) is 16.3. The van der Waals surface area contributed by atoms with Crippen molar-refractivity contribution < 1.29 is 13.9 Å². The number of nitrogens with one attached hydrogen (secondary N) is 2. The summed E-state index contributed by atoms with van der Waals surface area (Å²) in [6.45, 7) is 0. The number of aromatic amines is 1. The van der Waals surface area contributed by atoms with Gasteiger partial charge in [-0.15, -0.1) is 0 Å². The van der Waals surface area contributed by atoms with Gasteiger partial charge in [-0.2, -0.15) is 5.10 Å². The summed E-state index contributed by atoms with van der Waals surface area (Å²) in [5, 5.41) is 10.3. The molecule has 2 N–H and O–H groups in total. The van der Waals surface area contributed by atoms with E-state index >= 15 is 0 Å². The van der Waals surface area contributed by atoms with Crippen LogP contribution >= 0.6 is 0 Å². The van der Waals surface area contributed by atoms with Crippen molar-refractivity contribution in [3.8, 4) is 5.88 Å². The Morgan fingerprint density at radius 3 is 2.88 bits per heavy atom. The van der Waals surface area contributed by atoms with Crippen molar-refractivity contribution in [3.63, 3.8) is 0 Å². The van der Waals surface area contributed by atoms with Crippen LogP contribution in [0.3, 0.4) is 0 Å². The Bertz CT molecular complexity index is 991. The van der Waals surface area contributed by atoms with Gasteiger partial charge in [0.05, 0.1) is 12.8 Å². The summed E-state index contributed by atoms with van der Waals surface area (Å²) >= 11 is 0. The van der Waals surface area contributed by atoms with E-state index in [1.54, 1.807) is 31.5 Å². The molecule has 3 aromatic rings. The zero-order valence-corrected chi connectivity index (χ0v) is 14.1. The summed E-state index contributed by atoms with van der Waals surface area (Å²) in [7, 11) is 1.56. The number of rotatable bonds is 5. The average molecular weight is 352 g/mol. The Morgan fingerprint density at radius 2 is 2.19 bits per heavy atom. The minimum Gasteiger partial charge on any atom is -0.481 e. The number of aromatic nitrogens is 3. The number of carbonyl (C=O) groups is 1. The van der Waals surface area contributed by atoms with Gasteiger partial charge in [0.25, 0.3) is 5.91 Å². The van der Waals surface area contributed by atoms with Crippen LogP contribution in [0, 0.1) is 5.82 Å². The second-order valence-corrected chi connectivity index (χ2v) is 6.21. The Labute approximate surface area is 149 Å². The van der Waals surface area contributed by atoms with Crippen LogP contribution in [0.25, 0.3) is 23.1 Å². The molecule has 4 rings (SSSR count). The van der Waals surface area contributed by atoms with Crippen LogP contribution in [0.4, 0.5) is 4.39 Å². The molecule has 7 heteroatoms. The number of amides is 1. The summed E-state index contributed by atoms with van der Waals surface area (Å²) in [5.41, 5.74) is 1.98. The topological polar surface area (TPSA) is 79.9 Å². The lowest BCUT2D eigenvalue weighted by molar-refractivity contribution is 0.0951. The second kappa shape index (κ2) is 6.59. The molecule has 0 bridgehead atoms. The lowest BCUT2D eigenvalue weighted by atomic mass is 10.1. The smallest absolute Gasteiger partial charge is 0.251 e. The molecular weight excluding hydrogens is 335 g/mol. The van der Waals surface area contributed by atoms with Crippen LogP contribution in [-0.4, -0.2) is 34.2 Å². The molecule has 2 heterocycles. The molecule has 0 unspecified atom stereocenters. The average Bonchev–Trinajstić information content (AvgIpc) is 3.37. The van der Waals surface area contributed by atoms with Gasteiger partial charge in [0.15, 0.2) is 5.82 Å². The predicted octanol–water partition coefficient (Wildman–Crippen LogP) is 3.17. The molecule has 26 heavy (non-hydrogen) atoms. The van der Waals surface area contributed by atoms with Gasteiger partial charge in [0.1, 0.15) is 5.52 Å². The molecular formula is C19H17FN4O2. The van der Waals surface area contributed by atoms with Crippen molar-refractivity contribution >= 4 is 29.0 Å². The first-order chi connectivity index (χ1) is 12.6. The monoisotopic (exact) mass is 352 g/mol. The standard InChI is InChI=1S/C19H17FN4O2/c1-26-17-7-3-11(10-21-17)2-6-16-14-8-12(19(25)22-13-4-5-13)9-15(20)18(14)24-23-16/h2-3,6-10,13H,4-5H2,1H3,(H,22,25)(H,23,24)/b6-2+. The van der Waals surface area contributed by atoms with Gasteiger partial charge < -0.3 is 10.1 Å². The fourth-order valence-corrected chi connectivity index (χ4v) is 2.64. The molecule has 0 spiro atoms. The van der Waals surface area contributed by atoms with Crippen molar-refractivity contribution in [3.05, 3.63) is 53.1 Å². The zero-order valence-electron chi connectivity index (χ0n) is 14.1. The fourth-order valence-electron chi connectivity index (χ4n) is 2.64. The number of fused-ring (bicyclic) bond motifs is 1. The first-order valence-electron chi connectivity index (χ1n) is 8.30. The third-order valence-corrected chi connectivity index (χ3v) is 4.23. The Morgan fingerprint density at radius 1 is 1.35 bits per heavy atom. The van der Waals surface area contributed by atoms with Crippen molar-refractivity contribution in [2.45, 2.75) is 18.9 Å². The van der Waals surface area contributed by atoms with Gasteiger partial charge in [-0.05, 0) is 42.7 Å². The molecule has 1 aliphatic rings. The van der Waals surface area contributed by atoms with Crippen LogP contribution < -0.4 is 10.1 Å². The lowest BCUT2D eigenvalue weighted by Gasteiger charge is -2.04. The van der Waals surface area contributed by atoms with E-state index in [4.69, 9.17) is 4.74 Å². The van der Waals surface area contributed by atoms with Gasteiger partial charge in [-0.3, -0.25) is 9.89 Å². The molecule has 1 aliphatic carbocycles. The highest BCUT2D eigenvalue weighted by molar-refractivity contribution is 6.00. The van der Waals surface area contributed by atoms with E-state index in [0.717, 1.165) is 18.4 Å². The van der Waals surface area contributed by atoms with Crippen LogP contribution in [0.1, 0.15) is 34.5 Å². The molecule has 0 radical (unpaired) electrons. The van der Waals surface area contributed by atoms with Crippen molar-refractivity contribution in [1.29, 1.82) is 0 Å². The van der Waals surface area contributed by atoms with Gasteiger partial charge in [-0.25, -0.2) is 9.37 Å². The van der Waals surface area contributed by atoms with Crippen LogP contribution in [-0.2, 0) is 0 Å². The zero-order chi connectivity index (χ0) is 18.1. The maximum Gasteiger partial charge on any atom is 0.251 e.